The number of ether oxygens (including phenoxy) is 2. The highest BCUT2D eigenvalue weighted by atomic mass is 19.4. The number of nitro benzene ring substituents is 1. The summed E-state index contributed by atoms with van der Waals surface area (Å²) < 4.78 is 44.6. The SMILES string of the molecule is CCOC(=O)c1cc(C#N)c(OC(F)(F)F)cc1[N+](=O)[O-]. The minimum atomic E-state index is -5.13. The Morgan fingerprint density at radius 1 is 1.48 bits per heavy atom. The van der Waals surface area contributed by atoms with Gasteiger partial charge in [0.05, 0.1) is 23.2 Å². The summed E-state index contributed by atoms with van der Waals surface area (Å²) in [6, 6.07) is 2.35. The highest BCUT2D eigenvalue weighted by molar-refractivity contribution is 5.94. The van der Waals surface area contributed by atoms with Crippen LogP contribution in [0.3, 0.4) is 0 Å². The summed E-state index contributed by atoms with van der Waals surface area (Å²) in [5.41, 5.74) is -2.26. The second-order valence-corrected chi connectivity index (χ2v) is 3.50. The molecule has 0 spiro atoms. The van der Waals surface area contributed by atoms with Gasteiger partial charge in [-0.05, 0) is 13.0 Å². The quantitative estimate of drug-likeness (QED) is 0.481. The van der Waals surface area contributed by atoms with Gasteiger partial charge in [0.15, 0.2) is 5.75 Å². The Labute approximate surface area is 115 Å². The first-order valence-electron chi connectivity index (χ1n) is 5.35. The molecule has 0 bridgehead atoms. The Balaban J connectivity index is 3.45. The number of benzene rings is 1. The molecule has 10 heteroatoms. The van der Waals surface area contributed by atoms with Crippen LogP contribution in [0.4, 0.5) is 18.9 Å². The Morgan fingerprint density at radius 2 is 2.10 bits per heavy atom. The van der Waals surface area contributed by atoms with Crippen molar-refractivity contribution in [2.24, 2.45) is 0 Å². The lowest BCUT2D eigenvalue weighted by Crippen LogP contribution is -2.18. The molecule has 0 atom stereocenters. The van der Waals surface area contributed by atoms with Gasteiger partial charge in [-0.2, -0.15) is 5.26 Å². The molecule has 21 heavy (non-hydrogen) atoms. The van der Waals surface area contributed by atoms with Crippen LogP contribution in [0.15, 0.2) is 12.1 Å². The van der Waals surface area contributed by atoms with Gasteiger partial charge in [-0.1, -0.05) is 0 Å². The first-order valence-corrected chi connectivity index (χ1v) is 5.35. The van der Waals surface area contributed by atoms with Crippen LogP contribution in [-0.2, 0) is 4.74 Å². The van der Waals surface area contributed by atoms with Crippen molar-refractivity contribution in [2.45, 2.75) is 13.3 Å². The van der Waals surface area contributed by atoms with Crippen LogP contribution in [0.1, 0.15) is 22.8 Å². The number of alkyl halides is 3. The number of carbonyl (C=O) groups is 1. The summed E-state index contributed by atoms with van der Waals surface area (Å²) >= 11 is 0. The number of halogens is 3. The van der Waals surface area contributed by atoms with Crippen LogP contribution in [0.2, 0.25) is 0 Å². The third kappa shape index (κ3) is 4.07. The Morgan fingerprint density at radius 3 is 2.52 bits per heavy atom. The van der Waals surface area contributed by atoms with Crippen molar-refractivity contribution in [1.29, 1.82) is 5.26 Å². The van der Waals surface area contributed by atoms with Crippen LogP contribution < -0.4 is 4.74 Å². The number of esters is 1. The van der Waals surface area contributed by atoms with Crippen LogP contribution in [0.5, 0.6) is 5.75 Å². The van der Waals surface area contributed by atoms with E-state index in [0.717, 1.165) is 0 Å². The predicted octanol–water partition coefficient (Wildman–Crippen LogP) is 2.54. The van der Waals surface area contributed by atoms with E-state index in [1.165, 1.54) is 13.0 Å². The molecule has 0 saturated heterocycles. The lowest BCUT2D eigenvalue weighted by Gasteiger charge is -2.11. The fourth-order valence-electron chi connectivity index (χ4n) is 1.39. The van der Waals surface area contributed by atoms with E-state index in [4.69, 9.17) is 5.26 Å². The first-order chi connectivity index (χ1) is 9.69. The third-order valence-corrected chi connectivity index (χ3v) is 2.14. The van der Waals surface area contributed by atoms with E-state index in [1.54, 1.807) is 0 Å². The van der Waals surface area contributed by atoms with Gasteiger partial charge in [0.25, 0.3) is 5.69 Å². The van der Waals surface area contributed by atoms with Crippen molar-refractivity contribution in [3.05, 3.63) is 33.4 Å². The summed E-state index contributed by atoms with van der Waals surface area (Å²) in [6.07, 6.45) is -5.13. The lowest BCUT2D eigenvalue weighted by molar-refractivity contribution is -0.385. The van der Waals surface area contributed by atoms with E-state index in [9.17, 15) is 28.1 Å². The molecule has 0 amide bonds. The molecule has 0 fully saturated rings. The van der Waals surface area contributed by atoms with E-state index in [1.807, 2.05) is 0 Å². The molecular formula is C11H7F3N2O5. The minimum absolute atomic E-state index is 0.0985. The number of nitriles is 1. The number of rotatable bonds is 4. The molecule has 1 rings (SSSR count). The number of carbonyl (C=O) groups excluding carboxylic acids is 1. The Kier molecular flexibility index (Phi) is 4.70. The van der Waals surface area contributed by atoms with E-state index in [2.05, 4.69) is 9.47 Å². The second-order valence-electron chi connectivity index (χ2n) is 3.50. The van der Waals surface area contributed by atoms with Crippen LogP contribution in [-0.4, -0.2) is 23.9 Å². The van der Waals surface area contributed by atoms with Crippen LogP contribution >= 0.6 is 0 Å². The molecule has 0 aliphatic carbocycles. The molecular weight excluding hydrogens is 297 g/mol. The number of nitro groups is 1. The molecule has 0 heterocycles. The van der Waals surface area contributed by atoms with E-state index < -0.39 is 39.8 Å². The Bertz CT molecular complexity index is 622. The second kappa shape index (κ2) is 6.08. The van der Waals surface area contributed by atoms with Gasteiger partial charge in [-0.25, -0.2) is 4.79 Å². The maximum absolute atomic E-state index is 12.2. The van der Waals surface area contributed by atoms with Gasteiger partial charge < -0.3 is 9.47 Å². The molecule has 0 radical (unpaired) electrons. The molecule has 0 aliphatic heterocycles. The van der Waals surface area contributed by atoms with Gasteiger partial charge in [-0.3, -0.25) is 10.1 Å². The predicted molar refractivity (Wildman–Crippen MR) is 60.5 cm³/mol. The number of hydrogen-bond donors (Lipinski definition) is 0. The summed E-state index contributed by atoms with van der Waals surface area (Å²) in [6.45, 7) is 1.34. The van der Waals surface area contributed by atoms with E-state index >= 15 is 0 Å². The van der Waals surface area contributed by atoms with Crippen molar-refractivity contribution >= 4 is 11.7 Å². The molecule has 1 aromatic rings. The van der Waals surface area contributed by atoms with Gasteiger partial charge in [0, 0.05) is 0 Å². The van der Waals surface area contributed by atoms with Crippen molar-refractivity contribution in [3.8, 4) is 11.8 Å². The average molecular weight is 304 g/mol. The molecule has 1 aromatic carbocycles. The van der Waals surface area contributed by atoms with Gasteiger partial charge in [0.1, 0.15) is 11.6 Å². The zero-order chi connectivity index (χ0) is 16.2. The monoisotopic (exact) mass is 304 g/mol. The fraction of sp³-hybridized carbons (Fsp3) is 0.273. The molecule has 0 unspecified atom stereocenters. The van der Waals surface area contributed by atoms with Gasteiger partial charge in [0.2, 0.25) is 0 Å². The maximum Gasteiger partial charge on any atom is 0.573 e. The van der Waals surface area contributed by atoms with Gasteiger partial charge >= 0.3 is 12.3 Å². The summed E-state index contributed by atoms with van der Waals surface area (Å²) in [7, 11) is 0. The van der Waals surface area contributed by atoms with Crippen molar-refractivity contribution in [3.63, 3.8) is 0 Å². The van der Waals surface area contributed by atoms with E-state index in [0.29, 0.717) is 12.1 Å². The van der Waals surface area contributed by atoms with Crippen LogP contribution in [0, 0.1) is 21.4 Å². The zero-order valence-corrected chi connectivity index (χ0v) is 10.4. The fourth-order valence-corrected chi connectivity index (χ4v) is 1.39. The third-order valence-electron chi connectivity index (χ3n) is 2.14. The van der Waals surface area contributed by atoms with Gasteiger partial charge in [-0.15, -0.1) is 13.2 Å². The Hall–Kier alpha value is -2.83. The molecule has 0 N–H and O–H groups in total. The summed E-state index contributed by atoms with van der Waals surface area (Å²) in [5.74, 6) is -2.19. The molecule has 0 saturated carbocycles. The molecule has 112 valence electrons. The number of hydrogen-bond acceptors (Lipinski definition) is 6. The molecule has 0 aromatic heterocycles. The lowest BCUT2D eigenvalue weighted by atomic mass is 10.1. The topological polar surface area (TPSA) is 102 Å². The van der Waals surface area contributed by atoms with Crippen molar-refractivity contribution in [1.82, 2.24) is 0 Å². The highest BCUT2D eigenvalue weighted by Gasteiger charge is 2.34. The standard InChI is InChI=1S/C11H7F3N2O5/c1-2-20-10(17)7-3-6(5-15)9(21-11(12,13)14)4-8(7)16(18)19/h3-4H,2H2,1H3. The van der Waals surface area contributed by atoms with Crippen LogP contribution in [0.25, 0.3) is 0 Å². The summed E-state index contributed by atoms with van der Waals surface area (Å²) in [4.78, 5) is 21.3. The average Bonchev–Trinajstić information content (AvgIpc) is 2.36. The molecule has 7 nitrogen and oxygen atoms in total. The van der Waals surface area contributed by atoms with Crippen molar-refractivity contribution in [2.75, 3.05) is 6.61 Å². The largest absolute Gasteiger partial charge is 0.573 e. The number of nitrogens with zero attached hydrogens (tertiary/aromatic N) is 2. The molecule has 0 aliphatic rings. The highest BCUT2D eigenvalue weighted by Crippen LogP contribution is 2.32. The van der Waals surface area contributed by atoms with Crippen molar-refractivity contribution < 1.29 is 32.4 Å². The first kappa shape index (κ1) is 16.2. The van der Waals surface area contributed by atoms with E-state index in [-0.39, 0.29) is 6.61 Å². The zero-order valence-electron chi connectivity index (χ0n) is 10.4. The smallest absolute Gasteiger partial charge is 0.462 e. The normalized spacial score (nSPS) is 10.6. The maximum atomic E-state index is 12.2. The summed E-state index contributed by atoms with van der Waals surface area (Å²) in [5, 5.41) is 19.6. The minimum Gasteiger partial charge on any atom is -0.462 e.